The second-order valence-corrected chi connectivity index (χ2v) is 5.93. The maximum atomic E-state index is 12.2. The molecule has 0 amide bonds. The summed E-state index contributed by atoms with van der Waals surface area (Å²) in [6.07, 6.45) is 3.39. The van der Waals surface area contributed by atoms with Crippen LogP contribution in [0.2, 0.25) is 0 Å². The molecule has 21 heavy (non-hydrogen) atoms. The molecule has 0 atom stereocenters. The number of likely N-dealkylation sites (N-methyl/N-ethyl adjacent to an activating group) is 1. The van der Waals surface area contributed by atoms with Crippen molar-refractivity contribution in [3.63, 3.8) is 0 Å². The molecule has 1 saturated heterocycles. The van der Waals surface area contributed by atoms with Crippen LogP contribution in [0.1, 0.15) is 0 Å². The summed E-state index contributed by atoms with van der Waals surface area (Å²) >= 11 is 3.39. The van der Waals surface area contributed by atoms with Gasteiger partial charge in [-0.2, -0.15) is 5.10 Å². The van der Waals surface area contributed by atoms with Crippen molar-refractivity contribution >= 4 is 21.6 Å². The summed E-state index contributed by atoms with van der Waals surface area (Å²) in [5.74, 6) is 0. The fourth-order valence-corrected chi connectivity index (χ4v) is 2.93. The fourth-order valence-electron chi connectivity index (χ4n) is 2.32. The van der Waals surface area contributed by atoms with E-state index < -0.39 is 0 Å². The van der Waals surface area contributed by atoms with Crippen molar-refractivity contribution in [1.29, 1.82) is 0 Å². The molecule has 1 aromatic heterocycles. The lowest BCUT2D eigenvalue weighted by molar-refractivity contribution is 0.246. The van der Waals surface area contributed by atoms with E-state index >= 15 is 0 Å². The average molecular weight is 356 g/mol. The van der Waals surface area contributed by atoms with E-state index in [4.69, 9.17) is 0 Å². The first-order valence-corrected chi connectivity index (χ1v) is 7.93. The number of hydrogen-bond donors (Lipinski definition) is 1. The number of nitrogens with one attached hydrogen (secondary N) is 1. The van der Waals surface area contributed by atoms with Gasteiger partial charge in [-0.25, -0.2) is 4.68 Å². The molecule has 0 aliphatic carbocycles. The Morgan fingerprint density at radius 3 is 2.90 bits per heavy atom. The Bertz CT molecular complexity index is 539. The van der Waals surface area contributed by atoms with Gasteiger partial charge in [-0.05, 0) is 15.9 Å². The van der Waals surface area contributed by atoms with Crippen molar-refractivity contribution in [1.82, 2.24) is 20.0 Å². The summed E-state index contributed by atoms with van der Waals surface area (Å²) < 4.78 is 1.95. The van der Waals surface area contributed by atoms with Crippen molar-refractivity contribution in [2.24, 2.45) is 0 Å². The first-order valence-electron chi connectivity index (χ1n) is 7.14. The van der Waals surface area contributed by atoms with Crippen LogP contribution in [-0.4, -0.2) is 61.0 Å². The van der Waals surface area contributed by atoms with Gasteiger partial charge < -0.3 is 10.2 Å². The van der Waals surface area contributed by atoms with Gasteiger partial charge in [-0.1, -0.05) is 6.08 Å². The van der Waals surface area contributed by atoms with E-state index in [1.165, 1.54) is 4.68 Å². The fraction of sp³-hybridized carbons (Fsp3) is 0.571. The quantitative estimate of drug-likeness (QED) is 0.754. The Morgan fingerprint density at radius 1 is 1.52 bits per heavy atom. The predicted octanol–water partition coefficient (Wildman–Crippen LogP) is 0.533. The van der Waals surface area contributed by atoms with Crippen LogP contribution in [0.4, 0.5) is 5.69 Å². The molecule has 7 heteroatoms. The molecule has 1 fully saturated rings. The molecule has 1 aromatic rings. The zero-order valence-corrected chi connectivity index (χ0v) is 14.0. The highest BCUT2D eigenvalue weighted by atomic mass is 79.9. The van der Waals surface area contributed by atoms with Crippen LogP contribution in [0, 0.1) is 0 Å². The number of anilines is 1. The molecular formula is C14H22BrN5O. The molecule has 2 heterocycles. The van der Waals surface area contributed by atoms with Crippen LogP contribution in [-0.2, 0) is 6.54 Å². The van der Waals surface area contributed by atoms with Gasteiger partial charge in [0.05, 0.1) is 18.4 Å². The molecule has 0 bridgehead atoms. The van der Waals surface area contributed by atoms with Crippen LogP contribution >= 0.6 is 15.9 Å². The highest BCUT2D eigenvalue weighted by Gasteiger charge is 2.14. The predicted molar refractivity (Wildman–Crippen MR) is 89.0 cm³/mol. The second kappa shape index (κ2) is 7.72. The number of nitrogens with zero attached hydrogens (tertiary/aromatic N) is 4. The average Bonchev–Trinajstić information content (AvgIpc) is 2.51. The minimum atomic E-state index is -0.124. The summed E-state index contributed by atoms with van der Waals surface area (Å²) in [5.41, 5.74) is 0.705. The van der Waals surface area contributed by atoms with Crippen LogP contribution < -0.4 is 15.8 Å². The first-order chi connectivity index (χ1) is 10.1. The zero-order valence-electron chi connectivity index (χ0n) is 12.4. The molecule has 0 radical (unpaired) electrons. The number of allylic oxidation sites excluding steroid dienone is 1. The SMILES string of the molecule is C=CCn1ncc(N(C)CCN2CCNCC2)c(Br)c1=O. The minimum absolute atomic E-state index is 0.124. The van der Waals surface area contributed by atoms with Gasteiger partial charge in [-0.15, -0.1) is 6.58 Å². The zero-order chi connectivity index (χ0) is 15.2. The van der Waals surface area contributed by atoms with E-state index in [1.807, 2.05) is 7.05 Å². The maximum Gasteiger partial charge on any atom is 0.283 e. The molecule has 0 aromatic carbocycles. The Hall–Kier alpha value is -1.18. The Morgan fingerprint density at radius 2 is 2.24 bits per heavy atom. The molecule has 0 unspecified atom stereocenters. The van der Waals surface area contributed by atoms with E-state index in [1.54, 1.807) is 12.3 Å². The van der Waals surface area contributed by atoms with Crippen molar-refractivity contribution in [3.05, 3.63) is 33.7 Å². The lowest BCUT2D eigenvalue weighted by Crippen LogP contribution is -2.46. The number of hydrogen-bond acceptors (Lipinski definition) is 5. The van der Waals surface area contributed by atoms with Crippen LogP contribution in [0.5, 0.6) is 0 Å². The summed E-state index contributed by atoms with van der Waals surface area (Å²) in [6.45, 7) is 10.2. The molecular weight excluding hydrogens is 334 g/mol. The lowest BCUT2D eigenvalue weighted by Gasteiger charge is -2.29. The highest BCUT2D eigenvalue weighted by Crippen LogP contribution is 2.20. The monoisotopic (exact) mass is 355 g/mol. The summed E-state index contributed by atoms with van der Waals surface area (Å²) in [7, 11) is 1.99. The largest absolute Gasteiger partial charge is 0.371 e. The van der Waals surface area contributed by atoms with Crippen molar-refractivity contribution in [2.45, 2.75) is 6.54 Å². The molecule has 116 valence electrons. The minimum Gasteiger partial charge on any atom is -0.371 e. The topological polar surface area (TPSA) is 53.4 Å². The number of aromatic nitrogens is 2. The van der Waals surface area contributed by atoms with E-state index in [0.29, 0.717) is 11.0 Å². The van der Waals surface area contributed by atoms with Crippen LogP contribution in [0.25, 0.3) is 0 Å². The van der Waals surface area contributed by atoms with E-state index in [0.717, 1.165) is 45.0 Å². The molecule has 1 N–H and O–H groups in total. The molecule has 0 spiro atoms. The van der Waals surface area contributed by atoms with Gasteiger partial charge in [0.25, 0.3) is 5.56 Å². The summed E-state index contributed by atoms with van der Waals surface area (Å²) in [5, 5.41) is 7.53. The van der Waals surface area contributed by atoms with Gasteiger partial charge >= 0.3 is 0 Å². The second-order valence-electron chi connectivity index (χ2n) is 5.13. The third-order valence-electron chi connectivity index (χ3n) is 3.64. The third-order valence-corrected chi connectivity index (χ3v) is 4.39. The summed E-state index contributed by atoms with van der Waals surface area (Å²) in [4.78, 5) is 16.6. The van der Waals surface area contributed by atoms with Gasteiger partial charge in [0, 0.05) is 46.3 Å². The van der Waals surface area contributed by atoms with E-state index in [-0.39, 0.29) is 5.56 Å². The summed E-state index contributed by atoms with van der Waals surface area (Å²) in [6, 6.07) is 0. The Labute approximate surface area is 133 Å². The molecule has 1 aliphatic heterocycles. The molecule has 6 nitrogen and oxygen atoms in total. The number of halogens is 1. The smallest absolute Gasteiger partial charge is 0.283 e. The lowest BCUT2D eigenvalue weighted by atomic mass is 10.3. The van der Waals surface area contributed by atoms with E-state index in [9.17, 15) is 4.79 Å². The van der Waals surface area contributed by atoms with Crippen molar-refractivity contribution < 1.29 is 0 Å². The van der Waals surface area contributed by atoms with Gasteiger partial charge in [-0.3, -0.25) is 9.69 Å². The van der Waals surface area contributed by atoms with Crippen LogP contribution in [0.15, 0.2) is 28.1 Å². The third kappa shape index (κ3) is 4.15. The van der Waals surface area contributed by atoms with Gasteiger partial charge in [0.2, 0.25) is 0 Å². The maximum absolute atomic E-state index is 12.2. The molecule has 1 aliphatic rings. The van der Waals surface area contributed by atoms with Crippen molar-refractivity contribution in [2.75, 3.05) is 51.2 Å². The van der Waals surface area contributed by atoms with E-state index in [2.05, 4.69) is 42.7 Å². The standard InChI is InChI=1S/C14H22BrN5O/c1-3-6-20-14(21)13(15)12(11-17-20)18(2)9-10-19-7-4-16-5-8-19/h3,11,16H,1,4-10H2,2H3. The first kappa shape index (κ1) is 16.2. The van der Waals surface area contributed by atoms with Gasteiger partial charge in [0.15, 0.2) is 0 Å². The molecule has 2 rings (SSSR count). The number of piperazine rings is 1. The number of rotatable bonds is 6. The Balaban J connectivity index is 2.01. The van der Waals surface area contributed by atoms with Crippen LogP contribution in [0.3, 0.4) is 0 Å². The van der Waals surface area contributed by atoms with Crippen molar-refractivity contribution in [3.8, 4) is 0 Å². The highest BCUT2D eigenvalue weighted by molar-refractivity contribution is 9.10. The van der Waals surface area contributed by atoms with Gasteiger partial charge in [0.1, 0.15) is 4.47 Å². The Kier molecular flexibility index (Phi) is 5.96. The normalized spacial score (nSPS) is 15.9. The molecule has 0 saturated carbocycles.